The highest BCUT2D eigenvalue weighted by Gasteiger charge is 2.42. The lowest BCUT2D eigenvalue weighted by atomic mass is 9.92. The third kappa shape index (κ3) is 6.46. The molecule has 0 bridgehead atoms. The topological polar surface area (TPSA) is 37.3 Å². The number of alkyl halides is 8. The van der Waals surface area contributed by atoms with Gasteiger partial charge in [-0.1, -0.05) is 31.0 Å². The molecule has 1 atom stereocenters. The highest BCUT2D eigenvalue weighted by Crippen LogP contribution is 2.43. The Hall–Kier alpha value is -2.69. The molecule has 2 aromatic rings. The first-order valence-electron chi connectivity index (χ1n) is 9.55. The zero-order valence-corrected chi connectivity index (χ0v) is 17.9. The van der Waals surface area contributed by atoms with E-state index in [1.165, 1.54) is 6.92 Å². The number of carbonyl (C=O) groups is 1. The van der Waals surface area contributed by atoms with Crippen molar-refractivity contribution in [2.45, 2.75) is 44.0 Å². The molecule has 12 heteroatoms. The maximum absolute atomic E-state index is 14.7. The smallest absolute Gasteiger partial charge is 0.417 e. The molecule has 0 saturated carbocycles. The average Bonchev–Trinajstić information content (AvgIpc) is 2.69. The molecule has 0 amide bonds. The van der Waals surface area contributed by atoms with Crippen LogP contribution < -0.4 is 0 Å². The van der Waals surface area contributed by atoms with Crippen LogP contribution in [0.2, 0.25) is 5.02 Å². The number of allylic oxidation sites excluding steroid dienone is 1. The molecule has 0 fully saturated rings. The number of carboxylic acid groups (broad SMARTS) is 1. The molecule has 2 aromatic carbocycles. The van der Waals surface area contributed by atoms with Crippen molar-refractivity contribution in [3.8, 4) is 0 Å². The van der Waals surface area contributed by atoms with Crippen LogP contribution in [0.3, 0.4) is 0 Å². The Kier molecular flexibility index (Phi) is 8.02. The van der Waals surface area contributed by atoms with E-state index in [0.717, 1.165) is 6.07 Å². The molecule has 2 nitrogen and oxygen atoms in total. The van der Waals surface area contributed by atoms with E-state index in [4.69, 9.17) is 16.7 Å². The van der Waals surface area contributed by atoms with E-state index >= 15 is 0 Å². The molecule has 0 spiro atoms. The quantitative estimate of drug-likeness (QED) is 0.373. The van der Waals surface area contributed by atoms with Crippen LogP contribution >= 0.6 is 11.6 Å². The number of benzene rings is 2. The highest BCUT2D eigenvalue weighted by molar-refractivity contribution is 6.30. The monoisotopic (exact) mass is 518 g/mol. The minimum atomic E-state index is -5.24. The average molecular weight is 519 g/mol. The summed E-state index contributed by atoms with van der Waals surface area (Å²) >= 11 is 5.73. The molecule has 1 N–H and O–H groups in total. The molecular formula is C22H16ClF9O2. The Morgan fingerprint density at radius 3 is 2.15 bits per heavy atom. The summed E-state index contributed by atoms with van der Waals surface area (Å²) in [5, 5.41) is 8.41. The molecule has 0 aliphatic heterocycles. The van der Waals surface area contributed by atoms with Crippen LogP contribution in [0.1, 0.15) is 58.3 Å². The van der Waals surface area contributed by atoms with Gasteiger partial charge in [0, 0.05) is 22.6 Å². The molecule has 34 heavy (non-hydrogen) atoms. The van der Waals surface area contributed by atoms with Crippen molar-refractivity contribution in [2.24, 2.45) is 0 Å². The van der Waals surface area contributed by atoms with Gasteiger partial charge in [0.2, 0.25) is 0 Å². The van der Waals surface area contributed by atoms with Gasteiger partial charge in [-0.05, 0) is 42.0 Å². The fourth-order valence-corrected chi connectivity index (χ4v) is 3.44. The van der Waals surface area contributed by atoms with Crippen LogP contribution in [-0.2, 0) is 12.1 Å². The van der Waals surface area contributed by atoms with Gasteiger partial charge >= 0.3 is 18.3 Å². The van der Waals surface area contributed by atoms with E-state index in [-0.39, 0.29) is 18.6 Å². The van der Waals surface area contributed by atoms with Crippen LogP contribution in [-0.4, -0.2) is 17.3 Å². The zero-order valence-electron chi connectivity index (χ0n) is 17.2. The number of halogens is 10. The van der Waals surface area contributed by atoms with Crippen LogP contribution in [0.5, 0.6) is 0 Å². The van der Waals surface area contributed by atoms with Crippen LogP contribution in [0.15, 0.2) is 42.5 Å². The lowest BCUT2D eigenvalue weighted by molar-refractivity contribution is -0.140. The molecule has 0 saturated heterocycles. The number of aromatic carboxylic acids is 1. The molecule has 186 valence electrons. The van der Waals surface area contributed by atoms with Gasteiger partial charge < -0.3 is 5.11 Å². The summed E-state index contributed by atoms with van der Waals surface area (Å²) in [6.45, 7) is 1.43. The molecule has 2 rings (SSSR count). The minimum Gasteiger partial charge on any atom is -0.478 e. The molecule has 0 heterocycles. The second-order valence-electron chi connectivity index (χ2n) is 7.32. The molecule has 1 unspecified atom stereocenters. The molecule has 0 radical (unpaired) electrons. The van der Waals surface area contributed by atoms with Crippen molar-refractivity contribution in [1.29, 1.82) is 0 Å². The number of hydrogen-bond acceptors (Lipinski definition) is 1. The first-order chi connectivity index (χ1) is 15.5. The Bertz CT molecular complexity index is 1090. The fraction of sp³-hybridized carbons (Fsp3) is 0.318. The van der Waals surface area contributed by atoms with Gasteiger partial charge in [-0.25, -0.2) is 18.0 Å². The van der Waals surface area contributed by atoms with E-state index in [9.17, 15) is 44.3 Å². The summed E-state index contributed by atoms with van der Waals surface area (Å²) in [6, 6.07) is 3.01. The summed E-state index contributed by atoms with van der Waals surface area (Å²) in [5.74, 6) is -10.1. The number of hydrogen-bond donors (Lipinski definition) is 1. The summed E-state index contributed by atoms with van der Waals surface area (Å²) in [4.78, 5) is 11.0. The van der Waals surface area contributed by atoms with Gasteiger partial charge in [-0.3, -0.25) is 0 Å². The zero-order chi connectivity index (χ0) is 26.1. The predicted molar refractivity (Wildman–Crippen MR) is 107 cm³/mol. The van der Waals surface area contributed by atoms with E-state index in [2.05, 4.69) is 0 Å². The maximum Gasteiger partial charge on any atom is 0.417 e. The van der Waals surface area contributed by atoms with Crippen molar-refractivity contribution in [2.75, 3.05) is 0 Å². The number of rotatable bonds is 7. The van der Waals surface area contributed by atoms with Crippen molar-refractivity contribution < 1.29 is 49.4 Å². The Balaban J connectivity index is 2.64. The Morgan fingerprint density at radius 2 is 1.65 bits per heavy atom. The normalized spacial score (nSPS) is 14.3. The van der Waals surface area contributed by atoms with Crippen LogP contribution in [0, 0.1) is 0 Å². The second-order valence-corrected chi connectivity index (χ2v) is 7.76. The highest BCUT2D eigenvalue weighted by atomic mass is 35.5. The predicted octanol–water partition coefficient (Wildman–Crippen LogP) is 8.61. The van der Waals surface area contributed by atoms with Crippen molar-refractivity contribution in [3.05, 3.63) is 75.3 Å². The van der Waals surface area contributed by atoms with E-state index < -0.39 is 75.2 Å². The molecule has 0 aliphatic rings. The van der Waals surface area contributed by atoms with Gasteiger partial charge in [0.25, 0.3) is 5.92 Å². The summed E-state index contributed by atoms with van der Waals surface area (Å²) in [7, 11) is 0. The standard InChI is InChI=1S/C22H16ClF9O2/c1-2-5-20(25,26)13-6-12(7-14(23)9-13)16(21(27,28)29)10-18(24)11-3-4-15(19(33)34)17(8-11)22(30,31)32/h3-4,6-10,16H,2,5H2,1H3,(H,33,34)/b18-10-. The van der Waals surface area contributed by atoms with Crippen LogP contribution in [0.25, 0.3) is 5.83 Å². The number of carboxylic acids is 1. The van der Waals surface area contributed by atoms with Gasteiger partial charge in [0.1, 0.15) is 11.7 Å². The largest absolute Gasteiger partial charge is 0.478 e. The second kappa shape index (κ2) is 9.89. The van der Waals surface area contributed by atoms with E-state index in [1.807, 2.05) is 0 Å². The van der Waals surface area contributed by atoms with E-state index in [1.54, 1.807) is 0 Å². The van der Waals surface area contributed by atoms with Gasteiger partial charge in [-0.2, -0.15) is 26.3 Å². The van der Waals surface area contributed by atoms with Crippen molar-refractivity contribution >= 4 is 23.4 Å². The first-order valence-corrected chi connectivity index (χ1v) is 9.93. The van der Waals surface area contributed by atoms with Crippen LogP contribution in [0.4, 0.5) is 39.5 Å². The molecule has 0 aliphatic carbocycles. The lowest BCUT2D eigenvalue weighted by Gasteiger charge is -2.22. The SMILES string of the molecule is CCCC(F)(F)c1cc(Cl)cc(C(/C=C(\F)c2ccc(C(=O)O)c(C(F)(F)F)c2)C(F)(F)F)c1. The summed E-state index contributed by atoms with van der Waals surface area (Å²) in [5.41, 5.74) is -5.66. The maximum atomic E-state index is 14.7. The Morgan fingerprint density at radius 1 is 1.03 bits per heavy atom. The first kappa shape index (κ1) is 27.6. The van der Waals surface area contributed by atoms with E-state index in [0.29, 0.717) is 24.3 Å². The third-order valence-electron chi connectivity index (χ3n) is 4.76. The molecule has 0 aromatic heterocycles. The van der Waals surface area contributed by atoms with Crippen molar-refractivity contribution in [3.63, 3.8) is 0 Å². The lowest BCUT2D eigenvalue weighted by Crippen LogP contribution is -2.21. The van der Waals surface area contributed by atoms with Crippen molar-refractivity contribution in [1.82, 2.24) is 0 Å². The summed E-state index contributed by atoms with van der Waals surface area (Å²) < 4.78 is 124. The summed E-state index contributed by atoms with van der Waals surface area (Å²) in [6.07, 6.45) is -11.2. The minimum absolute atomic E-state index is 0.0000457. The van der Waals surface area contributed by atoms with Gasteiger partial charge in [-0.15, -0.1) is 0 Å². The Labute approximate surface area is 192 Å². The fourth-order valence-electron chi connectivity index (χ4n) is 3.20. The van der Waals surface area contributed by atoms with Gasteiger partial charge in [0.05, 0.1) is 11.1 Å². The molecular weight excluding hydrogens is 503 g/mol. The third-order valence-corrected chi connectivity index (χ3v) is 4.98. The van der Waals surface area contributed by atoms with Gasteiger partial charge in [0.15, 0.2) is 0 Å².